The van der Waals surface area contributed by atoms with E-state index in [0.717, 1.165) is 16.8 Å². The number of halogens is 1. The summed E-state index contributed by atoms with van der Waals surface area (Å²) >= 11 is 5.90. The maximum Gasteiger partial charge on any atom is 0.265 e. The molecular weight excluding hydrogens is 286 g/mol. The Morgan fingerprint density at radius 2 is 1.90 bits per heavy atom. The zero-order chi connectivity index (χ0) is 15.4. The summed E-state index contributed by atoms with van der Waals surface area (Å²) in [7, 11) is 0. The van der Waals surface area contributed by atoms with Gasteiger partial charge in [0.1, 0.15) is 5.75 Å². The molecular formula is C17H18ClNO2. The molecule has 0 radical (unpaired) electrons. The molecule has 0 saturated heterocycles. The minimum Gasteiger partial charge on any atom is -0.481 e. The van der Waals surface area contributed by atoms with Crippen LogP contribution in [0.25, 0.3) is 0 Å². The van der Waals surface area contributed by atoms with Crippen LogP contribution < -0.4 is 10.1 Å². The lowest BCUT2D eigenvalue weighted by Crippen LogP contribution is -2.30. The summed E-state index contributed by atoms with van der Waals surface area (Å²) in [4.78, 5) is 12.2. The number of rotatable bonds is 4. The van der Waals surface area contributed by atoms with Crippen molar-refractivity contribution in [2.45, 2.75) is 26.9 Å². The van der Waals surface area contributed by atoms with Crippen LogP contribution in [0.3, 0.4) is 0 Å². The molecule has 1 N–H and O–H groups in total. The van der Waals surface area contributed by atoms with Crippen molar-refractivity contribution in [2.75, 3.05) is 5.32 Å². The molecule has 2 rings (SSSR count). The molecule has 0 fully saturated rings. The molecule has 0 bridgehead atoms. The molecule has 2 aromatic rings. The molecule has 0 spiro atoms. The van der Waals surface area contributed by atoms with Gasteiger partial charge in [0.15, 0.2) is 6.10 Å². The van der Waals surface area contributed by atoms with Gasteiger partial charge in [-0.15, -0.1) is 0 Å². The molecule has 1 amide bonds. The van der Waals surface area contributed by atoms with Crippen LogP contribution in [-0.4, -0.2) is 12.0 Å². The lowest BCUT2D eigenvalue weighted by molar-refractivity contribution is -0.122. The smallest absolute Gasteiger partial charge is 0.265 e. The zero-order valence-electron chi connectivity index (χ0n) is 12.3. The highest BCUT2D eigenvalue weighted by Crippen LogP contribution is 2.20. The maximum atomic E-state index is 12.2. The van der Waals surface area contributed by atoms with Crippen molar-refractivity contribution in [3.05, 3.63) is 58.6 Å². The standard InChI is InChI=1S/C17H18ClNO2/c1-11-6-4-9-16(12(11)2)19-17(20)13(3)21-15-8-5-7-14(18)10-15/h4-10,13H,1-3H3,(H,19,20). The summed E-state index contributed by atoms with van der Waals surface area (Å²) in [6, 6.07) is 12.8. The van der Waals surface area contributed by atoms with Gasteiger partial charge in [-0.25, -0.2) is 0 Å². The average molecular weight is 304 g/mol. The average Bonchev–Trinajstić information content (AvgIpc) is 2.44. The number of anilines is 1. The zero-order valence-corrected chi connectivity index (χ0v) is 13.1. The maximum absolute atomic E-state index is 12.2. The van der Waals surface area contributed by atoms with E-state index in [4.69, 9.17) is 16.3 Å². The molecule has 3 nitrogen and oxygen atoms in total. The van der Waals surface area contributed by atoms with Gasteiger partial charge in [0, 0.05) is 10.7 Å². The minimum absolute atomic E-state index is 0.191. The molecule has 1 atom stereocenters. The predicted molar refractivity (Wildman–Crippen MR) is 86.1 cm³/mol. The van der Waals surface area contributed by atoms with E-state index in [1.54, 1.807) is 31.2 Å². The molecule has 0 aliphatic rings. The number of amides is 1. The van der Waals surface area contributed by atoms with Gasteiger partial charge < -0.3 is 10.1 Å². The van der Waals surface area contributed by atoms with Crippen molar-refractivity contribution < 1.29 is 9.53 Å². The minimum atomic E-state index is -0.608. The van der Waals surface area contributed by atoms with E-state index < -0.39 is 6.10 Å². The monoisotopic (exact) mass is 303 g/mol. The van der Waals surface area contributed by atoms with Gasteiger partial charge in [-0.05, 0) is 56.2 Å². The van der Waals surface area contributed by atoms with Crippen molar-refractivity contribution in [2.24, 2.45) is 0 Å². The second-order valence-electron chi connectivity index (χ2n) is 4.95. The first-order valence-electron chi connectivity index (χ1n) is 6.76. The first-order chi connectivity index (χ1) is 9.97. The molecule has 0 aromatic heterocycles. The highest BCUT2D eigenvalue weighted by Gasteiger charge is 2.16. The summed E-state index contributed by atoms with van der Waals surface area (Å²) in [5.41, 5.74) is 3.00. The Balaban J connectivity index is 2.04. The summed E-state index contributed by atoms with van der Waals surface area (Å²) in [6.07, 6.45) is -0.608. The summed E-state index contributed by atoms with van der Waals surface area (Å²) in [6.45, 7) is 5.70. The van der Waals surface area contributed by atoms with Crippen LogP contribution in [0.1, 0.15) is 18.1 Å². The van der Waals surface area contributed by atoms with Gasteiger partial charge >= 0.3 is 0 Å². The summed E-state index contributed by atoms with van der Waals surface area (Å²) < 4.78 is 5.60. The third-order valence-corrected chi connectivity index (χ3v) is 3.58. The topological polar surface area (TPSA) is 38.3 Å². The largest absolute Gasteiger partial charge is 0.481 e. The molecule has 0 saturated carbocycles. The van der Waals surface area contributed by atoms with Crippen LogP contribution in [0.5, 0.6) is 5.75 Å². The second kappa shape index (κ2) is 6.64. The molecule has 21 heavy (non-hydrogen) atoms. The fourth-order valence-electron chi connectivity index (χ4n) is 1.92. The normalized spacial score (nSPS) is 11.8. The van der Waals surface area contributed by atoms with Crippen LogP contribution in [-0.2, 0) is 4.79 Å². The third-order valence-electron chi connectivity index (χ3n) is 3.34. The Morgan fingerprint density at radius 1 is 1.19 bits per heavy atom. The van der Waals surface area contributed by atoms with Gasteiger partial charge in [-0.3, -0.25) is 4.79 Å². The Kier molecular flexibility index (Phi) is 4.86. The SMILES string of the molecule is Cc1cccc(NC(=O)C(C)Oc2cccc(Cl)c2)c1C. The number of hydrogen-bond donors (Lipinski definition) is 1. The summed E-state index contributed by atoms with van der Waals surface area (Å²) in [5.74, 6) is 0.384. The second-order valence-corrected chi connectivity index (χ2v) is 5.39. The van der Waals surface area contributed by atoms with Crippen LogP contribution in [0.15, 0.2) is 42.5 Å². The van der Waals surface area contributed by atoms with Crippen LogP contribution >= 0.6 is 11.6 Å². The van der Waals surface area contributed by atoms with E-state index in [1.807, 2.05) is 32.0 Å². The van der Waals surface area contributed by atoms with Gasteiger partial charge in [-0.1, -0.05) is 29.8 Å². The van der Waals surface area contributed by atoms with E-state index >= 15 is 0 Å². The molecule has 2 aromatic carbocycles. The Morgan fingerprint density at radius 3 is 2.62 bits per heavy atom. The number of aryl methyl sites for hydroxylation is 1. The van der Waals surface area contributed by atoms with Crippen LogP contribution in [0.4, 0.5) is 5.69 Å². The molecule has 0 aliphatic heterocycles. The number of carbonyl (C=O) groups is 1. The quantitative estimate of drug-likeness (QED) is 0.911. The molecule has 110 valence electrons. The molecule has 0 aliphatic carbocycles. The van der Waals surface area contributed by atoms with Gasteiger partial charge in [0.25, 0.3) is 5.91 Å². The van der Waals surface area contributed by atoms with Crippen LogP contribution in [0, 0.1) is 13.8 Å². The van der Waals surface area contributed by atoms with Crippen molar-refractivity contribution in [1.82, 2.24) is 0 Å². The van der Waals surface area contributed by atoms with Crippen molar-refractivity contribution in [1.29, 1.82) is 0 Å². The molecule has 1 unspecified atom stereocenters. The lowest BCUT2D eigenvalue weighted by atomic mass is 10.1. The van der Waals surface area contributed by atoms with E-state index in [2.05, 4.69) is 5.32 Å². The van der Waals surface area contributed by atoms with E-state index in [1.165, 1.54) is 0 Å². The van der Waals surface area contributed by atoms with Gasteiger partial charge in [0.05, 0.1) is 0 Å². The van der Waals surface area contributed by atoms with E-state index in [9.17, 15) is 4.79 Å². The number of carbonyl (C=O) groups excluding carboxylic acids is 1. The van der Waals surface area contributed by atoms with Gasteiger partial charge in [0.2, 0.25) is 0 Å². The first kappa shape index (κ1) is 15.4. The van der Waals surface area contributed by atoms with E-state index in [0.29, 0.717) is 10.8 Å². The first-order valence-corrected chi connectivity index (χ1v) is 7.14. The number of nitrogens with one attached hydrogen (secondary N) is 1. The highest BCUT2D eigenvalue weighted by atomic mass is 35.5. The van der Waals surface area contributed by atoms with Crippen molar-refractivity contribution >= 4 is 23.2 Å². The fraction of sp³-hybridized carbons (Fsp3) is 0.235. The van der Waals surface area contributed by atoms with Crippen molar-refractivity contribution in [3.63, 3.8) is 0 Å². The predicted octanol–water partition coefficient (Wildman–Crippen LogP) is 4.36. The number of ether oxygens (including phenoxy) is 1. The van der Waals surface area contributed by atoms with Gasteiger partial charge in [-0.2, -0.15) is 0 Å². The van der Waals surface area contributed by atoms with E-state index in [-0.39, 0.29) is 5.91 Å². The molecule has 4 heteroatoms. The Hall–Kier alpha value is -2.00. The highest BCUT2D eigenvalue weighted by molar-refractivity contribution is 6.30. The summed E-state index contributed by atoms with van der Waals surface area (Å²) in [5, 5.41) is 3.47. The molecule has 0 heterocycles. The third kappa shape index (κ3) is 3.99. The van der Waals surface area contributed by atoms with Crippen molar-refractivity contribution in [3.8, 4) is 5.75 Å². The Labute approximate surface area is 129 Å². The number of benzene rings is 2. The number of hydrogen-bond acceptors (Lipinski definition) is 2. The fourth-order valence-corrected chi connectivity index (χ4v) is 2.10. The Bertz CT molecular complexity index is 655. The van der Waals surface area contributed by atoms with Crippen LogP contribution in [0.2, 0.25) is 5.02 Å². The lowest BCUT2D eigenvalue weighted by Gasteiger charge is -2.16.